The summed E-state index contributed by atoms with van der Waals surface area (Å²) < 4.78 is 0. The quantitative estimate of drug-likeness (QED) is 0.0852. The number of carbonyl (C=O) groups is 4. The van der Waals surface area contributed by atoms with Gasteiger partial charge in [0, 0.05) is 37.8 Å². The molecule has 0 radical (unpaired) electrons. The average molecular weight is 464 g/mol. The van der Waals surface area contributed by atoms with E-state index in [0.29, 0.717) is 10.6 Å². The molecule has 2 amide bonds. The first kappa shape index (κ1) is 26.7. The molecule has 1 saturated heterocycles. The molecule has 1 aromatic rings. The van der Waals surface area contributed by atoms with Gasteiger partial charge in [-0.1, -0.05) is 64.7 Å². The lowest BCUT2D eigenvalue weighted by atomic mass is 9.78. The predicted molar refractivity (Wildman–Crippen MR) is 122 cm³/mol. The lowest BCUT2D eigenvalue weighted by Gasteiger charge is -2.44. The number of unbranched alkanes of at least 4 members (excludes halogenated alkanes) is 9. The van der Waals surface area contributed by atoms with Crippen LogP contribution in [0.25, 0.3) is 0 Å². The van der Waals surface area contributed by atoms with Gasteiger partial charge in [0.1, 0.15) is 0 Å². The standard InChI is InChI=1S/C23H37N5O5/c1-2-3-4-5-6-7-8-9-10-11-13-26-27-14-12-19(29)28-21(31)20(30)23(28,22(32)33)15-18-16-24-17-25-18/h16-17,26-27H,2-15H2,1H3,(H,24,25)(H,32,33)/t23-/m1/s1. The fourth-order valence-corrected chi connectivity index (χ4v) is 4.07. The minimum Gasteiger partial charge on any atom is -0.479 e. The number of likely N-dealkylation sites (tertiary alicyclic amines) is 1. The van der Waals surface area contributed by atoms with Gasteiger partial charge in [0.15, 0.2) is 0 Å². The Bertz CT molecular complexity index is 782. The highest BCUT2D eigenvalue weighted by Crippen LogP contribution is 2.33. The molecule has 0 spiro atoms. The van der Waals surface area contributed by atoms with Gasteiger partial charge < -0.3 is 10.1 Å². The number of H-pyrrole nitrogens is 1. The molecule has 33 heavy (non-hydrogen) atoms. The van der Waals surface area contributed by atoms with Crippen molar-refractivity contribution in [3.8, 4) is 0 Å². The van der Waals surface area contributed by atoms with E-state index in [1.807, 2.05) is 0 Å². The number of hydrazine groups is 1. The van der Waals surface area contributed by atoms with Gasteiger partial charge in [-0.2, -0.15) is 0 Å². The van der Waals surface area contributed by atoms with Crippen LogP contribution in [0.3, 0.4) is 0 Å². The number of carbonyl (C=O) groups excluding carboxylic acids is 3. The Morgan fingerprint density at radius 2 is 1.61 bits per heavy atom. The molecule has 1 aliphatic rings. The Kier molecular flexibility index (Phi) is 11.2. The largest absolute Gasteiger partial charge is 0.479 e. The van der Waals surface area contributed by atoms with E-state index in [0.717, 1.165) is 19.4 Å². The van der Waals surface area contributed by atoms with E-state index in [1.54, 1.807) is 0 Å². The van der Waals surface area contributed by atoms with Crippen LogP contribution in [0.5, 0.6) is 0 Å². The summed E-state index contributed by atoms with van der Waals surface area (Å²) in [6.07, 6.45) is 14.8. The molecule has 1 aliphatic heterocycles. The first-order chi connectivity index (χ1) is 15.9. The molecule has 10 nitrogen and oxygen atoms in total. The maximum absolute atomic E-state index is 12.5. The Morgan fingerprint density at radius 3 is 2.18 bits per heavy atom. The fourth-order valence-electron chi connectivity index (χ4n) is 4.07. The number of β-lactam (4-membered cyclic amide) rings is 1. The second-order valence-electron chi connectivity index (χ2n) is 8.57. The average Bonchev–Trinajstić information content (AvgIpc) is 3.31. The highest BCUT2D eigenvalue weighted by Gasteiger charge is 2.67. The van der Waals surface area contributed by atoms with Crippen molar-refractivity contribution in [1.82, 2.24) is 25.7 Å². The summed E-state index contributed by atoms with van der Waals surface area (Å²) in [5, 5.41) is 9.66. The molecule has 10 heteroatoms. The summed E-state index contributed by atoms with van der Waals surface area (Å²) in [5.41, 5.74) is 4.11. The molecule has 4 N–H and O–H groups in total. The van der Waals surface area contributed by atoms with Crippen molar-refractivity contribution < 1.29 is 24.3 Å². The molecule has 2 heterocycles. The normalized spacial score (nSPS) is 17.9. The zero-order valence-corrected chi connectivity index (χ0v) is 19.5. The van der Waals surface area contributed by atoms with E-state index < -0.39 is 29.1 Å². The number of hydrogen-bond acceptors (Lipinski definition) is 7. The van der Waals surface area contributed by atoms with Gasteiger partial charge in [-0.25, -0.2) is 9.78 Å². The number of carboxylic acids is 1. The number of ketones is 1. The highest BCUT2D eigenvalue weighted by atomic mass is 16.4. The number of aromatic amines is 1. The number of aliphatic carboxylic acids is 1. The maximum atomic E-state index is 12.5. The molecular formula is C23H37N5O5. The van der Waals surface area contributed by atoms with Gasteiger partial charge in [-0.3, -0.25) is 30.1 Å². The zero-order valence-electron chi connectivity index (χ0n) is 19.5. The number of carboxylic acid groups (broad SMARTS) is 1. The number of amides is 2. The topological polar surface area (TPSA) is 144 Å². The third kappa shape index (κ3) is 7.20. The van der Waals surface area contributed by atoms with Crippen LogP contribution in [0, 0.1) is 0 Å². The second kappa shape index (κ2) is 13.8. The van der Waals surface area contributed by atoms with Crippen LogP contribution >= 0.6 is 0 Å². The van der Waals surface area contributed by atoms with Gasteiger partial charge >= 0.3 is 11.9 Å². The Hall–Kier alpha value is -2.59. The Morgan fingerprint density at radius 1 is 1.00 bits per heavy atom. The van der Waals surface area contributed by atoms with E-state index in [4.69, 9.17) is 0 Å². The van der Waals surface area contributed by atoms with Crippen LogP contribution < -0.4 is 10.9 Å². The van der Waals surface area contributed by atoms with Crippen molar-refractivity contribution in [2.45, 2.75) is 89.5 Å². The molecule has 0 unspecified atom stereocenters. The van der Waals surface area contributed by atoms with Crippen LogP contribution in [-0.2, 0) is 25.6 Å². The minimum atomic E-state index is -2.20. The summed E-state index contributed by atoms with van der Waals surface area (Å²) >= 11 is 0. The summed E-state index contributed by atoms with van der Waals surface area (Å²) in [6, 6.07) is 0. The van der Waals surface area contributed by atoms with Crippen molar-refractivity contribution in [1.29, 1.82) is 0 Å². The monoisotopic (exact) mass is 463 g/mol. The minimum absolute atomic E-state index is 0.109. The Balaban J connectivity index is 1.61. The number of hydrogen-bond donors (Lipinski definition) is 4. The highest BCUT2D eigenvalue weighted by molar-refractivity contribution is 6.54. The van der Waals surface area contributed by atoms with Gasteiger partial charge in [0.25, 0.3) is 5.78 Å². The third-order valence-corrected chi connectivity index (χ3v) is 6.00. The molecule has 0 aliphatic carbocycles. The van der Waals surface area contributed by atoms with Crippen LogP contribution in [0.2, 0.25) is 0 Å². The predicted octanol–water partition coefficient (Wildman–Crippen LogP) is 2.12. The number of Topliss-reactive ketones (excluding diaryl/α,β-unsaturated/α-hetero) is 1. The molecule has 2 rings (SSSR count). The lowest BCUT2D eigenvalue weighted by molar-refractivity contribution is -0.185. The Labute approximate surface area is 194 Å². The first-order valence-electron chi connectivity index (χ1n) is 12.0. The molecular weight excluding hydrogens is 426 g/mol. The molecule has 1 atom stereocenters. The molecule has 0 bridgehead atoms. The number of nitrogens with one attached hydrogen (secondary N) is 3. The van der Waals surface area contributed by atoms with E-state index in [2.05, 4.69) is 27.7 Å². The summed E-state index contributed by atoms with van der Waals surface area (Å²) in [5.74, 6) is -4.40. The van der Waals surface area contributed by atoms with E-state index in [9.17, 15) is 24.3 Å². The van der Waals surface area contributed by atoms with Gasteiger partial charge in [-0.05, 0) is 6.42 Å². The van der Waals surface area contributed by atoms with E-state index in [1.165, 1.54) is 63.9 Å². The number of aromatic nitrogens is 2. The van der Waals surface area contributed by atoms with E-state index >= 15 is 0 Å². The van der Waals surface area contributed by atoms with Crippen molar-refractivity contribution in [3.05, 3.63) is 18.2 Å². The van der Waals surface area contributed by atoms with Crippen molar-refractivity contribution in [2.75, 3.05) is 13.1 Å². The number of rotatable bonds is 18. The lowest BCUT2D eigenvalue weighted by Crippen LogP contribution is -2.78. The maximum Gasteiger partial charge on any atom is 0.338 e. The van der Waals surface area contributed by atoms with Crippen LogP contribution in [0.4, 0.5) is 0 Å². The molecule has 184 valence electrons. The first-order valence-corrected chi connectivity index (χ1v) is 12.0. The van der Waals surface area contributed by atoms with Gasteiger partial charge in [0.2, 0.25) is 11.4 Å². The summed E-state index contributed by atoms with van der Waals surface area (Å²) in [6.45, 7) is 3.20. The number of nitrogens with zero attached hydrogens (tertiary/aromatic N) is 2. The van der Waals surface area contributed by atoms with Crippen molar-refractivity contribution >= 4 is 23.6 Å². The van der Waals surface area contributed by atoms with Crippen LogP contribution in [0.1, 0.15) is 83.2 Å². The molecule has 1 aromatic heterocycles. The number of imide groups is 1. The number of imidazole rings is 1. The summed E-state index contributed by atoms with van der Waals surface area (Å²) in [4.78, 5) is 55.7. The smallest absolute Gasteiger partial charge is 0.338 e. The van der Waals surface area contributed by atoms with Crippen LogP contribution in [0.15, 0.2) is 12.5 Å². The van der Waals surface area contributed by atoms with Gasteiger partial charge in [-0.15, -0.1) is 0 Å². The summed E-state index contributed by atoms with van der Waals surface area (Å²) in [7, 11) is 0. The van der Waals surface area contributed by atoms with E-state index in [-0.39, 0.29) is 19.4 Å². The second-order valence-corrected chi connectivity index (χ2v) is 8.57. The van der Waals surface area contributed by atoms with Crippen molar-refractivity contribution in [3.63, 3.8) is 0 Å². The molecule has 0 saturated carbocycles. The zero-order chi connectivity index (χ0) is 24.1. The fraction of sp³-hybridized carbons (Fsp3) is 0.696. The SMILES string of the molecule is CCCCCCCCCCCCNNCCC(=O)N1C(=O)C(=O)[C@]1(Cc1cnc[nH]1)C(=O)O. The molecule has 0 aromatic carbocycles. The molecule has 1 fully saturated rings. The van der Waals surface area contributed by atoms with Crippen molar-refractivity contribution in [2.24, 2.45) is 0 Å². The van der Waals surface area contributed by atoms with Crippen LogP contribution in [-0.4, -0.2) is 62.2 Å². The third-order valence-electron chi connectivity index (χ3n) is 6.00. The van der Waals surface area contributed by atoms with Gasteiger partial charge in [0.05, 0.1) is 6.33 Å².